The topological polar surface area (TPSA) is 54.3 Å². The number of carbonyl (C=O) groups is 1. The van der Waals surface area contributed by atoms with Crippen molar-refractivity contribution in [2.24, 2.45) is 7.05 Å². The molecule has 0 spiro atoms. The molecule has 0 bridgehead atoms. The van der Waals surface area contributed by atoms with E-state index in [9.17, 15) is 13.6 Å². The maximum absolute atomic E-state index is 13.1. The molecule has 1 atom stereocenters. The third-order valence-electron chi connectivity index (χ3n) is 4.80. The minimum Gasteiger partial charge on any atom is -0.336 e. The summed E-state index contributed by atoms with van der Waals surface area (Å²) in [4.78, 5) is 21.0. The van der Waals surface area contributed by atoms with Gasteiger partial charge in [0, 0.05) is 38.4 Å². The minimum absolute atomic E-state index is 0.0426. The number of hydrogen-bond donors (Lipinski definition) is 0. The number of alkyl halides is 2. The Bertz CT molecular complexity index is 776. The molecule has 8 heteroatoms. The van der Waals surface area contributed by atoms with Gasteiger partial charge < -0.3 is 4.90 Å². The first-order chi connectivity index (χ1) is 11.9. The summed E-state index contributed by atoms with van der Waals surface area (Å²) >= 11 is 0. The largest absolute Gasteiger partial charge is 0.336 e. The van der Waals surface area contributed by atoms with Crippen LogP contribution in [0.5, 0.6) is 0 Å². The van der Waals surface area contributed by atoms with Gasteiger partial charge in [-0.3, -0.25) is 14.4 Å². The molecule has 1 saturated heterocycles. The number of rotatable bonds is 4. The number of halogens is 2. The van der Waals surface area contributed by atoms with Gasteiger partial charge in [0.05, 0.1) is 23.7 Å². The Morgan fingerprint density at radius 2 is 2.16 bits per heavy atom. The van der Waals surface area contributed by atoms with E-state index < -0.39 is 6.43 Å². The Kier molecular flexibility index (Phi) is 4.99. The van der Waals surface area contributed by atoms with E-state index in [-0.39, 0.29) is 18.5 Å². The number of nitrogens with zero attached hydrogens (tertiary/aromatic N) is 5. The van der Waals surface area contributed by atoms with Crippen LogP contribution in [0, 0.1) is 6.92 Å². The van der Waals surface area contributed by atoms with E-state index in [0.29, 0.717) is 30.8 Å². The van der Waals surface area contributed by atoms with Crippen molar-refractivity contribution in [3.63, 3.8) is 0 Å². The number of hydrogen-bond acceptors (Lipinski definition) is 4. The fourth-order valence-electron chi connectivity index (χ4n) is 3.47. The molecule has 2 aromatic heterocycles. The number of aryl methyl sites for hydroxylation is 2. The lowest BCUT2D eigenvalue weighted by atomic mass is 10.1. The molecule has 1 fully saturated rings. The van der Waals surface area contributed by atoms with E-state index in [4.69, 9.17) is 0 Å². The Morgan fingerprint density at radius 3 is 2.84 bits per heavy atom. The monoisotopic (exact) mass is 351 g/mol. The summed E-state index contributed by atoms with van der Waals surface area (Å²) in [5, 5.41) is 4.92. The normalized spacial score (nSPS) is 19.1. The van der Waals surface area contributed by atoms with Crippen molar-refractivity contribution in [2.75, 3.05) is 26.2 Å². The third kappa shape index (κ3) is 3.49. The highest BCUT2D eigenvalue weighted by Crippen LogP contribution is 2.22. The second kappa shape index (κ2) is 7.03. The van der Waals surface area contributed by atoms with Gasteiger partial charge >= 0.3 is 0 Å². The predicted molar refractivity (Wildman–Crippen MR) is 90.8 cm³/mol. The first-order valence-electron chi connectivity index (χ1n) is 8.51. The first kappa shape index (κ1) is 17.7. The van der Waals surface area contributed by atoms with E-state index in [1.165, 1.54) is 0 Å². The maximum atomic E-state index is 13.1. The van der Waals surface area contributed by atoms with Crippen LogP contribution in [-0.4, -0.2) is 69.1 Å². The second-order valence-electron chi connectivity index (χ2n) is 6.52. The lowest BCUT2D eigenvalue weighted by Crippen LogP contribution is -2.55. The Balaban J connectivity index is 1.85. The molecule has 0 saturated carbocycles. The summed E-state index contributed by atoms with van der Waals surface area (Å²) in [6.07, 6.45) is 0.0299. The van der Waals surface area contributed by atoms with Crippen LogP contribution in [0.4, 0.5) is 8.78 Å². The summed E-state index contributed by atoms with van der Waals surface area (Å²) in [7, 11) is 1.79. The van der Waals surface area contributed by atoms with Gasteiger partial charge in [0.15, 0.2) is 5.65 Å². The van der Waals surface area contributed by atoms with E-state index >= 15 is 0 Å². The quantitative estimate of drug-likeness (QED) is 0.846. The molecule has 3 rings (SSSR count). The zero-order valence-corrected chi connectivity index (χ0v) is 14.7. The van der Waals surface area contributed by atoms with Crippen molar-refractivity contribution < 1.29 is 13.6 Å². The third-order valence-corrected chi connectivity index (χ3v) is 4.80. The molecule has 1 aliphatic rings. The lowest BCUT2D eigenvalue weighted by Gasteiger charge is -2.41. The molecular formula is C17H23F2N5O. The first-order valence-corrected chi connectivity index (χ1v) is 8.51. The van der Waals surface area contributed by atoms with Gasteiger partial charge in [-0.15, -0.1) is 0 Å². The number of aromatic nitrogens is 3. The lowest BCUT2D eigenvalue weighted by molar-refractivity contribution is 0.0187. The Morgan fingerprint density at radius 1 is 1.40 bits per heavy atom. The molecule has 0 aromatic carbocycles. The Hall–Kier alpha value is -2.09. The van der Waals surface area contributed by atoms with Crippen molar-refractivity contribution >= 4 is 16.9 Å². The van der Waals surface area contributed by atoms with Crippen molar-refractivity contribution in [1.82, 2.24) is 24.6 Å². The molecule has 136 valence electrons. The van der Waals surface area contributed by atoms with Crippen LogP contribution in [-0.2, 0) is 7.05 Å². The average Bonchev–Trinajstić information content (AvgIpc) is 2.94. The van der Waals surface area contributed by atoms with E-state index in [0.717, 1.165) is 17.5 Å². The van der Waals surface area contributed by atoms with E-state index in [2.05, 4.69) is 10.1 Å². The van der Waals surface area contributed by atoms with Gasteiger partial charge in [0.1, 0.15) is 0 Å². The van der Waals surface area contributed by atoms with Gasteiger partial charge in [0.2, 0.25) is 0 Å². The van der Waals surface area contributed by atoms with Gasteiger partial charge in [0.25, 0.3) is 12.3 Å². The highest BCUT2D eigenvalue weighted by molar-refractivity contribution is 6.05. The van der Waals surface area contributed by atoms with Gasteiger partial charge in [-0.05, 0) is 19.4 Å². The summed E-state index contributed by atoms with van der Waals surface area (Å²) in [5.41, 5.74) is 2.00. The van der Waals surface area contributed by atoms with E-state index in [1.807, 2.05) is 13.8 Å². The summed E-state index contributed by atoms with van der Waals surface area (Å²) in [6.45, 7) is 4.96. The molecular weight excluding hydrogens is 328 g/mol. The summed E-state index contributed by atoms with van der Waals surface area (Å²) in [6, 6.07) is 1.73. The smallest absolute Gasteiger partial charge is 0.254 e. The molecule has 6 nitrogen and oxygen atoms in total. The van der Waals surface area contributed by atoms with E-state index in [1.54, 1.807) is 33.8 Å². The predicted octanol–water partition coefficient (Wildman–Crippen LogP) is 2.08. The van der Waals surface area contributed by atoms with Crippen molar-refractivity contribution in [2.45, 2.75) is 32.7 Å². The standard InChI is InChI=1S/C17H23F2N5O/c1-4-12-9-24(6-5-23(12)10-15(18)19)17(25)13-7-11(2)21-16-14(13)8-20-22(16)3/h7-8,12,15H,4-6,9-10H2,1-3H3. The van der Waals surface area contributed by atoms with Crippen LogP contribution in [0.15, 0.2) is 12.3 Å². The minimum atomic E-state index is -2.35. The van der Waals surface area contributed by atoms with Crippen LogP contribution in [0.1, 0.15) is 29.4 Å². The Labute approximate surface area is 145 Å². The van der Waals surface area contributed by atoms with Crippen LogP contribution < -0.4 is 0 Å². The summed E-state index contributed by atoms with van der Waals surface area (Å²) in [5.74, 6) is -0.0846. The molecule has 1 aliphatic heterocycles. The second-order valence-corrected chi connectivity index (χ2v) is 6.52. The highest BCUT2D eigenvalue weighted by atomic mass is 19.3. The maximum Gasteiger partial charge on any atom is 0.254 e. The van der Waals surface area contributed by atoms with Crippen LogP contribution >= 0.6 is 0 Å². The molecule has 2 aromatic rings. The number of piperazine rings is 1. The van der Waals surface area contributed by atoms with Crippen molar-refractivity contribution in [3.05, 3.63) is 23.5 Å². The molecule has 25 heavy (non-hydrogen) atoms. The fraction of sp³-hybridized carbons (Fsp3) is 0.588. The number of amides is 1. The van der Waals surface area contributed by atoms with Gasteiger partial charge in [-0.1, -0.05) is 6.92 Å². The van der Waals surface area contributed by atoms with Crippen LogP contribution in [0.2, 0.25) is 0 Å². The number of carbonyl (C=O) groups excluding carboxylic acids is 1. The average molecular weight is 351 g/mol. The van der Waals surface area contributed by atoms with Crippen LogP contribution in [0.25, 0.3) is 11.0 Å². The van der Waals surface area contributed by atoms with Crippen molar-refractivity contribution in [3.8, 4) is 0 Å². The number of pyridine rings is 1. The zero-order chi connectivity index (χ0) is 18.1. The molecule has 0 N–H and O–H groups in total. The molecule has 0 radical (unpaired) electrons. The highest BCUT2D eigenvalue weighted by Gasteiger charge is 2.31. The van der Waals surface area contributed by atoms with Crippen molar-refractivity contribution in [1.29, 1.82) is 0 Å². The molecule has 0 aliphatic carbocycles. The van der Waals surface area contributed by atoms with Crippen LogP contribution in [0.3, 0.4) is 0 Å². The molecule has 1 amide bonds. The zero-order valence-electron chi connectivity index (χ0n) is 14.7. The molecule has 1 unspecified atom stereocenters. The van der Waals surface area contributed by atoms with Gasteiger partial charge in [-0.2, -0.15) is 5.10 Å². The number of fused-ring (bicyclic) bond motifs is 1. The SMILES string of the molecule is CCC1CN(C(=O)c2cc(C)nc3c2cnn3C)CCN1CC(F)F. The fourth-order valence-corrected chi connectivity index (χ4v) is 3.47. The van der Waals surface area contributed by atoms with Gasteiger partial charge in [-0.25, -0.2) is 13.8 Å². The summed E-state index contributed by atoms with van der Waals surface area (Å²) < 4.78 is 27.1. The molecule has 3 heterocycles.